The van der Waals surface area contributed by atoms with Crippen LogP contribution in [0.25, 0.3) is 0 Å². The molecule has 4 nitrogen and oxygen atoms in total. The SMILES string of the molecule is COCC1=NN=C(c2ccccc2Cl)[NH+]1C. The van der Waals surface area contributed by atoms with Gasteiger partial charge in [0, 0.05) is 7.11 Å². The Morgan fingerprint density at radius 1 is 1.31 bits per heavy atom. The minimum atomic E-state index is 0.475. The highest BCUT2D eigenvalue weighted by Crippen LogP contribution is 2.15. The van der Waals surface area contributed by atoms with Crippen LogP contribution >= 0.6 is 11.6 Å². The van der Waals surface area contributed by atoms with Crippen LogP contribution < -0.4 is 4.90 Å². The van der Waals surface area contributed by atoms with Crippen molar-refractivity contribution in [2.75, 3.05) is 20.8 Å². The molecule has 0 bridgehead atoms. The number of methoxy groups -OCH3 is 1. The van der Waals surface area contributed by atoms with Crippen LogP contribution in [0.4, 0.5) is 0 Å². The number of rotatable bonds is 3. The Balaban J connectivity index is 2.24. The quantitative estimate of drug-likeness (QED) is 0.822. The monoisotopic (exact) mass is 238 g/mol. The van der Waals surface area contributed by atoms with Gasteiger partial charge in [0.2, 0.25) is 0 Å². The lowest BCUT2D eigenvalue weighted by atomic mass is 10.2. The lowest BCUT2D eigenvalue weighted by molar-refractivity contribution is -0.673. The molecule has 5 heteroatoms. The van der Waals surface area contributed by atoms with Gasteiger partial charge in [-0.15, -0.1) is 0 Å². The Labute approximate surface area is 99.2 Å². The minimum absolute atomic E-state index is 0.475. The summed E-state index contributed by atoms with van der Waals surface area (Å²) < 4.78 is 5.05. The largest absolute Gasteiger partial charge is 0.372 e. The number of likely N-dealkylation sites (N-methyl/N-ethyl adjacent to an activating group) is 1. The van der Waals surface area contributed by atoms with Gasteiger partial charge in [-0.25, -0.2) is 4.90 Å². The van der Waals surface area contributed by atoms with Gasteiger partial charge in [0.1, 0.15) is 6.61 Å². The van der Waals surface area contributed by atoms with E-state index in [1.807, 2.05) is 31.3 Å². The fourth-order valence-electron chi connectivity index (χ4n) is 1.58. The average molecular weight is 239 g/mol. The van der Waals surface area contributed by atoms with Crippen LogP contribution in [0.2, 0.25) is 5.02 Å². The van der Waals surface area contributed by atoms with Crippen LogP contribution in [0.1, 0.15) is 5.56 Å². The third kappa shape index (κ3) is 2.00. The van der Waals surface area contributed by atoms with Crippen molar-refractivity contribution in [1.29, 1.82) is 0 Å². The topological polar surface area (TPSA) is 38.4 Å². The van der Waals surface area contributed by atoms with Crippen molar-refractivity contribution in [1.82, 2.24) is 0 Å². The molecule has 1 aromatic carbocycles. The van der Waals surface area contributed by atoms with Crippen molar-refractivity contribution in [2.24, 2.45) is 10.2 Å². The summed E-state index contributed by atoms with van der Waals surface area (Å²) in [6.07, 6.45) is 0. The number of nitrogens with zero attached hydrogens (tertiary/aromatic N) is 2. The number of halogens is 1. The molecule has 1 atom stereocenters. The molecule has 0 radical (unpaired) electrons. The summed E-state index contributed by atoms with van der Waals surface area (Å²) in [4.78, 5) is 1.02. The number of ether oxygens (including phenoxy) is 1. The maximum Gasteiger partial charge on any atom is 0.260 e. The van der Waals surface area contributed by atoms with Crippen LogP contribution in [0.5, 0.6) is 0 Å². The number of nitrogens with one attached hydrogen (secondary N) is 1. The first-order chi connectivity index (χ1) is 7.74. The molecule has 0 saturated heterocycles. The Morgan fingerprint density at radius 3 is 2.75 bits per heavy atom. The van der Waals surface area contributed by atoms with E-state index in [0.717, 1.165) is 22.1 Å². The molecule has 0 saturated carbocycles. The number of quaternary nitrogens is 1. The van der Waals surface area contributed by atoms with Gasteiger partial charge in [0.05, 0.1) is 17.6 Å². The van der Waals surface area contributed by atoms with Crippen LogP contribution in [-0.4, -0.2) is 32.4 Å². The molecule has 1 heterocycles. The van der Waals surface area contributed by atoms with E-state index in [-0.39, 0.29) is 0 Å². The number of hydrogen-bond acceptors (Lipinski definition) is 3. The van der Waals surface area contributed by atoms with E-state index in [0.29, 0.717) is 11.6 Å². The fourth-order valence-corrected chi connectivity index (χ4v) is 1.81. The second-order valence-corrected chi connectivity index (χ2v) is 3.94. The molecular formula is C11H13ClN3O+. The van der Waals surface area contributed by atoms with Gasteiger partial charge in [0.15, 0.2) is 0 Å². The van der Waals surface area contributed by atoms with Gasteiger partial charge in [-0.3, -0.25) is 0 Å². The standard InChI is InChI=1S/C11H12ClN3O/c1-15-10(7-16-2)13-14-11(15)8-5-3-4-6-9(8)12/h3-6H,7H2,1-2H3/p+1. The third-order valence-corrected chi connectivity index (χ3v) is 2.80. The molecule has 1 aliphatic rings. The van der Waals surface area contributed by atoms with Crippen molar-refractivity contribution >= 4 is 23.3 Å². The normalized spacial score (nSPS) is 19.6. The molecular weight excluding hydrogens is 226 g/mol. The molecule has 0 fully saturated rings. The van der Waals surface area contributed by atoms with Crippen LogP contribution in [0.15, 0.2) is 34.5 Å². The molecule has 1 aliphatic heterocycles. The second-order valence-electron chi connectivity index (χ2n) is 3.53. The molecule has 2 rings (SSSR count). The fraction of sp³-hybridized carbons (Fsp3) is 0.273. The zero-order valence-corrected chi connectivity index (χ0v) is 9.95. The van der Waals surface area contributed by atoms with E-state index in [4.69, 9.17) is 16.3 Å². The molecule has 0 spiro atoms. The number of amidine groups is 2. The summed E-state index contributed by atoms with van der Waals surface area (Å²) >= 11 is 6.12. The summed E-state index contributed by atoms with van der Waals surface area (Å²) in [7, 11) is 3.62. The predicted octanol–water partition coefficient (Wildman–Crippen LogP) is 0.575. The highest BCUT2D eigenvalue weighted by Gasteiger charge is 2.28. The Kier molecular flexibility index (Phi) is 3.33. The lowest BCUT2D eigenvalue weighted by Gasteiger charge is -2.10. The van der Waals surface area contributed by atoms with Gasteiger partial charge in [-0.05, 0) is 12.1 Å². The van der Waals surface area contributed by atoms with Gasteiger partial charge < -0.3 is 4.74 Å². The number of benzene rings is 1. The van der Waals surface area contributed by atoms with Crippen LogP contribution in [0, 0.1) is 0 Å². The molecule has 1 aromatic rings. The van der Waals surface area contributed by atoms with Crippen molar-refractivity contribution in [3.63, 3.8) is 0 Å². The first-order valence-corrected chi connectivity index (χ1v) is 5.34. The number of hydrogen-bond donors (Lipinski definition) is 1. The van der Waals surface area contributed by atoms with E-state index >= 15 is 0 Å². The predicted molar refractivity (Wildman–Crippen MR) is 64.2 cm³/mol. The van der Waals surface area contributed by atoms with Gasteiger partial charge in [-0.2, -0.15) is 0 Å². The first-order valence-electron chi connectivity index (χ1n) is 4.96. The summed E-state index contributed by atoms with van der Waals surface area (Å²) in [5.74, 6) is 1.69. The molecule has 0 amide bonds. The first kappa shape index (κ1) is 11.3. The van der Waals surface area contributed by atoms with E-state index < -0.39 is 0 Å². The molecule has 16 heavy (non-hydrogen) atoms. The van der Waals surface area contributed by atoms with Gasteiger partial charge in [-0.1, -0.05) is 33.9 Å². The summed E-state index contributed by atoms with van der Waals surface area (Å²) in [6, 6.07) is 7.62. The zero-order valence-electron chi connectivity index (χ0n) is 9.20. The molecule has 1 unspecified atom stereocenters. The third-order valence-electron chi connectivity index (χ3n) is 2.47. The maximum absolute atomic E-state index is 6.12. The highest BCUT2D eigenvalue weighted by molar-refractivity contribution is 6.33. The summed E-state index contributed by atoms with van der Waals surface area (Å²) in [6.45, 7) is 0.475. The average Bonchev–Trinajstić information content (AvgIpc) is 2.62. The lowest BCUT2D eigenvalue weighted by Crippen LogP contribution is -3.13. The van der Waals surface area contributed by atoms with Gasteiger partial charge in [0.25, 0.3) is 11.7 Å². The highest BCUT2D eigenvalue weighted by atomic mass is 35.5. The van der Waals surface area contributed by atoms with Crippen molar-refractivity contribution in [3.8, 4) is 0 Å². The Morgan fingerprint density at radius 2 is 2.06 bits per heavy atom. The van der Waals surface area contributed by atoms with E-state index in [9.17, 15) is 0 Å². The molecule has 0 aliphatic carbocycles. The van der Waals surface area contributed by atoms with Crippen molar-refractivity contribution < 1.29 is 9.64 Å². The van der Waals surface area contributed by atoms with E-state index in [1.54, 1.807) is 7.11 Å². The smallest absolute Gasteiger partial charge is 0.260 e. The minimum Gasteiger partial charge on any atom is -0.372 e. The summed E-state index contributed by atoms with van der Waals surface area (Å²) in [5, 5.41) is 8.93. The Bertz CT molecular complexity index is 456. The van der Waals surface area contributed by atoms with E-state index in [2.05, 4.69) is 10.2 Å². The van der Waals surface area contributed by atoms with Crippen LogP contribution in [0.3, 0.4) is 0 Å². The van der Waals surface area contributed by atoms with Crippen molar-refractivity contribution in [3.05, 3.63) is 34.9 Å². The Hall–Kier alpha value is -1.23. The van der Waals surface area contributed by atoms with E-state index in [1.165, 1.54) is 0 Å². The van der Waals surface area contributed by atoms with Crippen molar-refractivity contribution in [2.45, 2.75) is 0 Å². The second kappa shape index (κ2) is 4.74. The maximum atomic E-state index is 6.12. The molecule has 1 N–H and O–H groups in total. The molecule has 84 valence electrons. The van der Waals surface area contributed by atoms with Gasteiger partial charge >= 0.3 is 0 Å². The zero-order chi connectivity index (χ0) is 11.5. The van der Waals surface area contributed by atoms with Crippen LogP contribution in [-0.2, 0) is 4.74 Å². The molecule has 0 aromatic heterocycles. The summed E-state index contributed by atoms with van der Waals surface area (Å²) in [5.41, 5.74) is 0.913.